The molecule has 4 nitrogen and oxygen atoms in total. The third-order valence-electron chi connectivity index (χ3n) is 1.53. The summed E-state index contributed by atoms with van der Waals surface area (Å²) in [6.07, 6.45) is 3.27. The van der Waals surface area contributed by atoms with Gasteiger partial charge in [0.2, 0.25) is 0 Å². The molecule has 0 amide bonds. The second-order valence-electron chi connectivity index (χ2n) is 4.01. The van der Waals surface area contributed by atoms with Gasteiger partial charge in [0.05, 0.1) is 0 Å². The molecule has 1 aromatic heterocycles. The number of H-pyrrole nitrogens is 1. The van der Waals surface area contributed by atoms with Gasteiger partial charge < -0.3 is 9.54 Å². The number of hydrogen-bond acceptors (Lipinski definition) is 3. The molecule has 0 aliphatic heterocycles. The van der Waals surface area contributed by atoms with Gasteiger partial charge in [0.25, 0.3) is 0 Å². The summed E-state index contributed by atoms with van der Waals surface area (Å²) in [7, 11) is 0. The fraction of sp³-hybridized carbons (Fsp3) is 0.556. The summed E-state index contributed by atoms with van der Waals surface area (Å²) in [6, 6.07) is 0. The lowest BCUT2D eigenvalue weighted by Crippen LogP contribution is -2.25. The molecule has 0 saturated carbocycles. The average Bonchev–Trinajstić information content (AvgIpc) is 2.45. The van der Waals surface area contributed by atoms with E-state index in [2.05, 4.69) is 14.4 Å². The van der Waals surface area contributed by atoms with Gasteiger partial charge in [0.1, 0.15) is 33.8 Å². The first-order valence-electron chi connectivity index (χ1n) is 4.37. The molecular weight excluding hydrogens is 198 g/mol. The highest BCUT2D eigenvalue weighted by atomic mass is 32.2. The van der Waals surface area contributed by atoms with Crippen molar-refractivity contribution < 1.29 is 4.55 Å². The first kappa shape index (κ1) is 11.3. The lowest BCUT2D eigenvalue weighted by molar-refractivity contribution is 0.562. The number of aromatic nitrogens is 2. The maximum absolute atomic E-state index is 11.5. The predicted molar refractivity (Wildman–Crippen MR) is 58.8 cm³/mol. The van der Waals surface area contributed by atoms with Crippen LogP contribution in [0.1, 0.15) is 32.3 Å². The Morgan fingerprint density at radius 3 is 2.64 bits per heavy atom. The number of hydrogen-bond donors (Lipinski definition) is 1. The molecule has 1 unspecified atom stereocenters. The van der Waals surface area contributed by atoms with Crippen molar-refractivity contribution in [3.63, 3.8) is 0 Å². The van der Waals surface area contributed by atoms with E-state index in [4.69, 9.17) is 0 Å². The van der Waals surface area contributed by atoms with E-state index in [0.29, 0.717) is 5.69 Å². The zero-order chi connectivity index (χ0) is 10.8. The van der Waals surface area contributed by atoms with Crippen molar-refractivity contribution in [3.8, 4) is 0 Å². The number of aromatic amines is 1. The summed E-state index contributed by atoms with van der Waals surface area (Å²) < 4.78 is 15.1. The van der Waals surface area contributed by atoms with Gasteiger partial charge in [-0.1, -0.05) is 4.40 Å². The third kappa shape index (κ3) is 3.16. The normalized spacial score (nSPS) is 14.9. The highest BCUT2D eigenvalue weighted by Gasteiger charge is 2.25. The van der Waals surface area contributed by atoms with Crippen molar-refractivity contribution in [3.05, 3.63) is 17.7 Å². The van der Waals surface area contributed by atoms with Crippen LogP contribution in [0, 0.1) is 6.92 Å². The van der Waals surface area contributed by atoms with Gasteiger partial charge in [0, 0.05) is 6.20 Å². The minimum Gasteiger partial charge on any atom is -0.591 e. The first-order valence-corrected chi connectivity index (χ1v) is 5.48. The monoisotopic (exact) mass is 213 g/mol. The molecule has 0 spiro atoms. The van der Waals surface area contributed by atoms with Gasteiger partial charge >= 0.3 is 0 Å². The number of rotatable bonds is 2. The average molecular weight is 213 g/mol. The molecule has 1 N–H and O–H groups in total. The van der Waals surface area contributed by atoms with E-state index in [1.54, 1.807) is 6.20 Å². The van der Waals surface area contributed by atoms with Gasteiger partial charge in [-0.05, 0) is 27.7 Å². The quantitative estimate of drug-likeness (QED) is 0.599. The summed E-state index contributed by atoms with van der Waals surface area (Å²) >= 11 is -1.21. The standard InChI is InChI=1S/C9H15N3OS/c1-7-10-5-8(12-7)6-11-14(13)9(2,3)4/h5-6H,1-4H3,(H,10,12)/b11-6+. The van der Waals surface area contributed by atoms with Crippen molar-refractivity contribution in [2.45, 2.75) is 32.4 Å². The highest BCUT2D eigenvalue weighted by Crippen LogP contribution is 2.16. The smallest absolute Gasteiger partial charge is 0.144 e. The van der Waals surface area contributed by atoms with Gasteiger partial charge in [-0.15, -0.1) is 0 Å². The van der Waals surface area contributed by atoms with Crippen LogP contribution in [0.3, 0.4) is 0 Å². The molecule has 0 aliphatic carbocycles. The molecule has 1 aromatic rings. The fourth-order valence-electron chi connectivity index (χ4n) is 0.763. The van der Waals surface area contributed by atoms with Crippen LogP contribution < -0.4 is 0 Å². The molecule has 1 rings (SSSR count). The largest absolute Gasteiger partial charge is 0.591 e. The van der Waals surface area contributed by atoms with Crippen molar-refractivity contribution in [2.24, 2.45) is 4.40 Å². The predicted octanol–water partition coefficient (Wildman–Crippen LogP) is 1.60. The number of nitrogens with zero attached hydrogens (tertiary/aromatic N) is 2. The summed E-state index contributed by atoms with van der Waals surface area (Å²) in [6.45, 7) is 7.51. The van der Waals surface area contributed by atoms with Crippen LogP contribution in [0.5, 0.6) is 0 Å². The zero-order valence-electron chi connectivity index (χ0n) is 8.87. The molecule has 1 atom stereocenters. The van der Waals surface area contributed by atoms with E-state index in [9.17, 15) is 4.55 Å². The van der Waals surface area contributed by atoms with Gasteiger partial charge in [0.15, 0.2) is 0 Å². The maximum Gasteiger partial charge on any atom is 0.144 e. The Bertz CT molecular complexity index is 327. The van der Waals surface area contributed by atoms with Gasteiger partial charge in [-0.3, -0.25) is 0 Å². The Kier molecular flexibility index (Phi) is 3.34. The SMILES string of the molecule is Cc1nc(/C=N/[S+]([O-])C(C)(C)C)c[nH]1. The Balaban J connectivity index is 2.65. The Morgan fingerprint density at radius 2 is 2.21 bits per heavy atom. The van der Waals surface area contributed by atoms with Crippen LogP contribution in [0.25, 0.3) is 0 Å². The van der Waals surface area contributed by atoms with Crippen LogP contribution >= 0.6 is 0 Å². The lowest BCUT2D eigenvalue weighted by atomic mass is 10.3. The summed E-state index contributed by atoms with van der Waals surface area (Å²) in [5.74, 6) is 0.827. The molecule has 0 saturated heterocycles. The Labute approximate surface area is 87.2 Å². The minimum absolute atomic E-state index is 0.318. The molecule has 14 heavy (non-hydrogen) atoms. The second-order valence-corrected chi connectivity index (χ2v) is 5.94. The molecule has 5 heteroatoms. The van der Waals surface area contributed by atoms with Crippen molar-refractivity contribution in [1.29, 1.82) is 0 Å². The van der Waals surface area contributed by atoms with Crippen LogP contribution in [-0.4, -0.2) is 25.5 Å². The van der Waals surface area contributed by atoms with E-state index < -0.39 is 11.4 Å². The van der Waals surface area contributed by atoms with Gasteiger partial charge in [-0.25, -0.2) is 4.98 Å². The summed E-state index contributed by atoms with van der Waals surface area (Å²) in [5, 5.41) is 0. The van der Waals surface area contributed by atoms with Crippen molar-refractivity contribution >= 4 is 17.6 Å². The number of nitrogens with one attached hydrogen (secondary N) is 1. The third-order valence-corrected chi connectivity index (χ3v) is 2.87. The van der Waals surface area contributed by atoms with Crippen LogP contribution in [0.15, 0.2) is 10.6 Å². The fourth-order valence-corrected chi connectivity index (χ4v) is 1.28. The van der Waals surface area contributed by atoms with Crippen LogP contribution in [-0.2, 0) is 11.4 Å². The second kappa shape index (κ2) is 4.14. The van der Waals surface area contributed by atoms with E-state index in [1.807, 2.05) is 27.7 Å². The molecule has 0 fully saturated rings. The van der Waals surface area contributed by atoms with E-state index in [0.717, 1.165) is 5.82 Å². The van der Waals surface area contributed by atoms with Crippen molar-refractivity contribution in [1.82, 2.24) is 9.97 Å². The molecule has 1 heterocycles. The molecule has 0 aromatic carbocycles. The van der Waals surface area contributed by atoms with E-state index >= 15 is 0 Å². The van der Waals surface area contributed by atoms with Crippen LogP contribution in [0.4, 0.5) is 0 Å². The molecule has 78 valence electrons. The molecule has 0 aliphatic rings. The first-order chi connectivity index (χ1) is 6.39. The summed E-state index contributed by atoms with van der Waals surface area (Å²) in [4.78, 5) is 7.06. The molecular formula is C9H15N3OS. The van der Waals surface area contributed by atoms with Crippen molar-refractivity contribution in [2.75, 3.05) is 0 Å². The lowest BCUT2D eigenvalue weighted by Gasteiger charge is -2.17. The minimum atomic E-state index is -1.21. The molecule has 0 radical (unpaired) electrons. The van der Waals surface area contributed by atoms with Gasteiger partial charge in [-0.2, -0.15) is 0 Å². The Morgan fingerprint density at radius 1 is 1.57 bits per heavy atom. The highest BCUT2D eigenvalue weighted by molar-refractivity contribution is 7.91. The Hall–Kier alpha value is -0.810. The zero-order valence-corrected chi connectivity index (χ0v) is 9.68. The summed E-state index contributed by atoms with van der Waals surface area (Å²) in [5.41, 5.74) is 0.708. The number of aryl methyl sites for hydroxylation is 1. The number of imidazole rings is 1. The van der Waals surface area contributed by atoms with E-state index in [1.165, 1.54) is 6.21 Å². The maximum atomic E-state index is 11.5. The van der Waals surface area contributed by atoms with E-state index in [-0.39, 0.29) is 4.75 Å². The van der Waals surface area contributed by atoms with Crippen LogP contribution in [0.2, 0.25) is 0 Å². The topological polar surface area (TPSA) is 64.1 Å². The molecule has 0 bridgehead atoms.